The molecular weight excluding hydrogens is 298 g/mol. The number of hydrogen-bond acceptors (Lipinski definition) is 6. The number of anilines is 3. The Kier molecular flexibility index (Phi) is 3.03. The number of rotatable bonds is 3. The van der Waals surface area contributed by atoms with E-state index in [1.807, 2.05) is 4.98 Å². The van der Waals surface area contributed by atoms with E-state index in [0.29, 0.717) is 10.7 Å². The topological polar surface area (TPSA) is 133 Å². The molecule has 9 nitrogen and oxygen atoms in total. The summed E-state index contributed by atoms with van der Waals surface area (Å²) in [7, 11) is 0. The van der Waals surface area contributed by atoms with Crippen LogP contribution in [0.5, 0.6) is 0 Å². The Morgan fingerprint density at radius 1 is 1.14 bits per heavy atom. The van der Waals surface area contributed by atoms with Crippen molar-refractivity contribution in [2.75, 3.05) is 16.6 Å². The van der Waals surface area contributed by atoms with Gasteiger partial charge in [0.25, 0.3) is 0 Å². The maximum atomic E-state index is 11.6. The Balaban J connectivity index is 1.97. The second kappa shape index (κ2) is 4.87. The van der Waals surface area contributed by atoms with Crippen molar-refractivity contribution < 1.29 is 0 Å². The van der Waals surface area contributed by atoms with Crippen molar-refractivity contribution in [3.05, 3.63) is 50.3 Å². The van der Waals surface area contributed by atoms with Gasteiger partial charge in [-0.2, -0.15) is 4.52 Å². The van der Waals surface area contributed by atoms with E-state index in [0.717, 1.165) is 4.52 Å². The van der Waals surface area contributed by atoms with Gasteiger partial charge >= 0.3 is 11.4 Å². The molecule has 10 heteroatoms. The number of hydrazine groups is 1. The van der Waals surface area contributed by atoms with E-state index in [1.54, 1.807) is 24.3 Å². The minimum Gasteiger partial charge on any atom is -0.380 e. The summed E-state index contributed by atoms with van der Waals surface area (Å²) in [6.45, 7) is 0. The lowest BCUT2D eigenvalue weighted by Crippen LogP contribution is -2.28. The molecule has 0 bridgehead atoms. The zero-order valence-corrected chi connectivity index (χ0v) is 11.2. The fourth-order valence-electron chi connectivity index (χ4n) is 1.78. The molecule has 0 fully saturated rings. The van der Waals surface area contributed by atoms with Gasteiger partial charge in [-0.05, 0) is 24.3 Å². The van der Waals surface area contributed by atoms with E-state index in [4.69, 9.17) is 17.3 Å². The van der Waals surface area contributed by atoms with E-state index >= 15 is 0 Å². The highest BCUT2D eigenvalue weighted by molar-refractivity contribution is 6.30. The molecule has 0 saturated heterocycles. The molecule has 3 rings (SSSR count). The van der Waals surface area contributed by atoms with Gasteiger partial charge in [0, 0.05) is 5.02 Å². The van der Waals surface area contributed by atoms with Crippen LogP contribution < -0.4 is 28.0 Å². The fourth-order valence-corrected chi connectivity index (χ4v) is 1.90. The van der Waals surface area contributed by atoms with Gasteiger partial charge < -0.3 is 11.2 Å². The van der Waals surface area contributed by atoms with E-state index in [2.05, 4.69) is 20.9 Å². The van der Waals surface area contributed by atoms with Gasteiger partial charge in [-0.25, -0.2) is 9.59 Å². The summed E-state index contributed by atoms with van der Waals surface area (Å²) in [5, 5.41) is 4.44. The Morgan fingerprint density at radius 3 is 2.57 bits per heavy atom. The molecule has 0 atom stereocenters. The summed E-state index contributed by atoms with van der Waals surface area (Å²) in [4.78, 5) is 27.4. The average molecular weight is 308 g/mol. The van der Waals surface area contributed by atoms with Crippen molar-refractivity contribution in [1.82, 2.24) is 19.6 Å². The lowest BCUT2D eigenvalue weighted by molar-refractivity contribution is 0.824. The predicted octanol–water partition coefficient (Wildman–Crippen LogP) is 0.385. The van der Waals surface area contributed by atoms with Crippen LogP contribution in [0, 0.1) is 0 Å². The average Bonchev–Trinajstić information content (AvgIpc) is 2.75. The molecule has 2 aromatic heterocycles. The molecule has 1 aromatic carbocycles. The van der Waals surface area contributed by atoms with Crippen molar-refractivity contribution in [2.24, 2.45) is 0 Å². The fraction of sp³-hybridized carbons (Fsp3) is 0. The van der Waals surface area contributed by atoms with Crippen molar-refractivity contribution in [3.8, 4) is 0 Å². The van der Waals surface area contributed by atoms with Crippen molar-refractivity contribution in [3.63, 3.8) is 0 Å². The van der Waals surface area contributed by atoms with Crippen LogP contribution in [0.25, 0.3) is 5.65 Å². The van der Waals surface area contributed by atoms with Crippen molar-refractivity contribution in [2.45, 2.75) is 0 Å². The Morgan fingerprint density at radius 2 is 1.86 bits per heavy atom. The maximum absolute atomic E-state index is 11.6. The standard InChI is InChI=1S/C11H10ClN7O2/c12-5-1-3-6(4-2-5)16-17-7-8(13)18-19-9(7)14-10(20)15-11(19)21/h1-4,16-17H,(H2,13,18)(H2,14,15,20,21). The van der Waals surface area contributed by atoms with Gasteiger partial charge in [0.15, 0.2) is 11.5 Å². The van der Waals surface area contributed by atoms with Crippen LogP contribution in [0.3, 0.4) is 0 Å². The van der Waals surface area contributed by atoms with Gasteiger partial charge in [-0.3, -0.25) is 15.4 Å². The van der Waals surface area contributed by atoms with Crippen molar-refractivity contribution >= 4 is 34.4 Å². The summed E-state index contributed by atoms with van der Waals surface area (Å²) in [5.41, 5.74) is 11.2. The van der Waals surface area contributed by atoms with Crippen LogP contribution in [0.1, 0.15) is 0 Å². The quantitative estimate of drug-likeness (QED) is 0.444. The number of nitrogens with two attached hydrogens (primary N) is 1. The number of nitrogens with one attached hydrogen (secondary N) is 4. The minimum absolute atomic E-state index is 0.0591. The van der Waals surface area contributed by atoms with Crippen LogP contribution >= 0.6 is 11.6 Å². The molecule has 0 radical (unpaired) electrons. The van der Waals surface area contributed by atoms with Gasteiger partial charge in [0.2, 0.25) is 0 Å². The van der Waals surface area contributed by atoms with Crippen LogP contribution in [0.2, 0.25) is 5.02 Å². The number of benzene rings is 1. The van der Waals surface area contributed by atoms with Gasteiger partial charge in [-0.1, -0.05) is 11.6 Å². The van der Waals surface area contributed by atoms with Crippen LogP contribution in [-0.2, 0) is 0 Å². The zero-order valence-electron chi connectivity index (χ0n) is 10.5. The van der Waals surface area contributed by atoms with Crippen LogP contribution in [-0.4, -0.2) is 19.6 Å². The summed E-state index contributed by atoms with van der Waals surface area (Å²) >= 11 is 5.79. The number of nitrogens with zero attached hydrogens (tertiary/aromatic N) is 2. The SMILES string of the molecule is Nc1nn2c(=O)[nH]c(=O)[nH]c2c1NNc1ccc(Cl)cc1. The number of aromatic amines is 2. The van der Waals surface area contributed by atoms with Crippen LogP contribution in [0.4, 0.5) is 17.2 Å². The third-order valence-electron chi connectivity index (χ3n) is 2.73. The van der Waals surface area contributed by atoms with Gasteiger partial charge in [0.1, 0.15) is 5.69 Å². The Bertz CT molecular complexity index is 909. The summed E-state index contributed by atoms with van der Waals surface area (Å²) < 4.78 is 0.961. The minimum atomic E-state index is -0.681. The van der Waals surface area contributed by atoms with E-state index in [9.17, 15) is 9.59 Å². The highest BCUT2D eigenvalue weighted by atomic mass is 35.5. The molecule has 6 N–H and O–H groups in total. The lowest BCUT2D eigenvalue weighted by Gasteiger charge is -2.08. The largest absolute Gasteiger partial charge is 0.380 e. The molecule has 0 unspecified atom stereocenters. The normalized spacial score (nSPS) is 10.7. The predicted molar refractivity (Wildman–Crippen MR) is 79.5 cm³/mol. The third kappa shape index (κ3) is 2.41. The third-order valence-corrected chi connectivity index (χ3v) is 2.99. The molecule has 3 aromatic rings. The first-order chi connectivity index (χ1) is 10.0. The number of halogens is 1. The van der Waals surface area contributed by atoms with E-state index < -0.39 is 11.4 Å². The molecule has 2 heterocycles. The first-order valence-corrected chi connectivity index (χ1v) is 6.21. The number of hydrogen-bond donors (Lipinski definition) is 5. The van der Waals surface area contributed by atoms with E-state index in [1.165, 1.54) is 0 Å². The summed E-state index contributed by atoms with van der Waals surface area (Å²) in [5.74, 6) is 0.0591. The van der Waals surface area contributed by atoms with Crippen LogP contribution in [0.15, 0.2) is 33.9 Å². The first-order valence-electron chi connectivity index (χ1n) is 5.83. The van der Waals surface area contributed by atoms with Gasteiger partial charge in [-0.15, -0.1) is 5.10 Å². The molecule has 108 valence electrons. The van der Waals surface area contributed by atoms with Gasteiger partial charge in [0.05, 0.1) is 5.69 Å². The molecule has 0 aliphatic rings. The number of H-pyrrole nitrogens is 2. The molecular formula is C11H10ClN7O2. The second-order valence-electron chi connectivity index (χ2n) is 4.16. The Hall–Kier alpha value is -2.94. The van der Waals surface area contributed by atoms with Crippen molar-refractivity contribution in [1.29, 1.82) is 0 Å². The number of nitrogen functional groups attached to an aromatic ring is 1. The maximum Gasteiger partial charge on any atom is 0.352 e. The smallest absolute Gasteiger partial charge is 0.352 e. The number of aromatic nitrogens is 4. The highest BCUT2D eigenvalue weighted by Gasteiger charge is 2.13. The second-order valence-corrected chi connectivity index (χ2v) is 4.60. The lowest BCUT2D eigenvalue weighted by atomic mass is 10.3. The molecule has 0 aliphatic carbocycles. The zero-order chi connectivity index (χ0) is 15.0. The monoisotopic (exact) mass is 307 g/mol. The molecule has 0 spiro atoms. The van der Waals surface area contributed by atoms with E-state index in [-0.39, 0.29) is 17.2 Å². The summed E-state index contributed by atoms with van der Waals surface area (Å²) in [6.07, 6.45) is 0. The molecule has 0 amide bonds. The molecule has 21 heavy (non-hydrogen) atoms. The summed E-state index contributed by atoms with van der Waals surface area (Å²) in [6, 6.07) is 6.90. The highest BCUT2D eigenvalue weighted by Crippen LogP contribution is 2.21. The molecule has 0 saturated carbocycles. The first kappa shape index (κ1) is 13.1. The molecule has 0 aliphatic heterocycles. The Labute approximate surface area is 121 Å². The number of fused-ring (bicyclic) bond motifs is 1.